The highest BCUT2D eigenvalue weighted by molar-refractivity contribution is 6.05. The molecule has 1 saturated carbocycles. The summed E-state index contributed by atoms with van der Waals surface area (Å²) in [6.45, 7) is 7.71. The zero-order valence-electron chi connectivity index (χ0n) is 23.0. The van der Waals surface area contributed by atoms with Crippen LogP contribution in [0.15, 0.2) is 24.3 Å². The number of ether oxygens (including phenoxy) is 2. The first-order chi connectivity index (χ1) is 18.0. The highest BCUT2D eigenvalue weighted by atomic mass is 35.5. The molecule has 5 rings (SSSR count). The van der Waals surface area contributed by atoms with Crippen molar-refractivity contribution in [1.29, 1.82) is 5.41 Å². The molecule has 1 aromatic heterocycles. The van der Waals surface area contributed by atoms with Gasteiger partial charge in [0.2, 0.25) is 0 Å². The van der Waals surface area contributed by atoms with Crippen LogP contribution in [-0.2, 0) is 21.5 Å². The van der Waals surface area contributed by atoms with E-state index in [1.54, 1.807) is 12.0 Å². The predicted molar refractivity (Wildman–Crippen MR) is 151 cm³/mol. The van der Waals surface area contributed by atoms with Crippen molar-refractivity contribution in [2.75, 3.05) is 38.3 Å². The summed E-state index contributed by atoms with van der Waals surface area (Å²) in [5, 5.41) is 17.7. The maximum Gasteiger partial charge on any atom is 0.329 e. The number of carboxylic acids is 1. The number of carbonyl (C=O) groups is 2. The number of nitrogens with one attached hydrogen (secondary N) is 1. The molecule has 1 unspecified atom stereocenters. The Kier molecular flexibility index (Phi) is 8.23. The lowest BCUT2D eigenvalue weighted by Crippen LogP contribution is -2.31. The molecule has 10 heteroatoms. The molecule has 3 heterocycles. The standard InChI is InChI=1S/C29H36N4O5.ClH/c1-29(2,3)21-11-19(12-23(27(21)37-4)32-10-9-20(14-32)38-16-25(35)36)24(34)15-33-13-18-7-8-22(17-5-6-17)31-26(18)28(33)30;/h7-8,11-12,17,20,30H,5-6,9-10,13-16H2,1-4H3,(H,35,36);1H. The molecule has 0 spiro atoms. The molecule has 2 fully saturated rings. The molecule has 1 aromatic carbocycles. The first kappa shape index (κ1) is 28.8. The van der Waals surface area contributed by atoms with Crippen molar-refractivity contribution in [3.05, 3.63) is 52.3 Å². The molecule has 2 aromatic rings. The number of hydrogen-bond donors (Lipinski definition) is 2. The molecule has 39 heavy (non-hydrogen) atoms. The molecule has 9 nitrogen and oxygen atoms in total. The number of nitrogens with zero attached hydrogens (tertiary/aromatic N) is 3. The Morgan fingerprint density at radius 2 is 1.92 bits per heavy atom. The first-order valence-corrected chi connectivity index (χ1v) is 13.2. The van der Waals surface area contributed by atoms with Crippen LogP contribution < -0.4 is 9.64 Å². The van der Waals surface area contributed by atoms with Crippen LogP contribution in [0.25, 0.3) is 0 Å². The summed E-state index contributed by atoms with van der Waals surface area (Å²) in [6.07, 6.45) is 2.80. The second-order valence-corrected chi connectivity index (χ2v) is 11.5. The van der Waals surface area contributed by atoms with Gasteiger partial charge < -0.3 is 24.4 Å². The summed E-state index contributed by atoms with van der Waals surface area (Å²) in [7, 11) is 1.63. The van der Waals surface area contributed by atoms with Crippen LogP contribution in [-0.4, -0.2) is 72.0 Å². The van der Waals surface area contributed by atoms with E-state index in [1.165, 1.54) is 0 Å². The highest BCUT2D eigenvalue weighted by Gasteiger charge is 2.33. The maximum absolute atomic E-state index is 13.7. The number of halogens is 1. The van der Waals surface area contributed by atoms with Crippen LogP contribution in [0.1, 0.15) is 78.8 Å². The number of rotatable bonds is 9. The predicted octanol–water partition coefficient (Wildman–Crippen LogP) is 4.39. The lowest BCUT2D eigenvalue weighted by Gasteiger charge is -2.29. The Hall–Kier alpha value is -3.17. The second kappa shape index (κ2) is 11.1. The van der Waals surface area contributed by atoms with Crippen LogP contribution in [0.4, 0.5) is 5.69 Å². The number of ketones is 1. The summed E-state index contributed by atoms with van der Waals surface area (Å²) in [5.74, 6) is 0.469. The van der Waals surface area contributed by atoms with E-state index in [1.807, 2.05) is 12.1 Å². The van der Waals surface area contributed by atoms with Gasteiger partial charge in [-0.3, -0.25) is 10.2 Å². The monoisotopic (exact) mass is 556 g/mol. The number of carboxylic acid groups (broad SMARTS) is 1. The van der Waals surface area contributed by atoms with Gasteiger partial charge in [-0.15, -0.1) is 12.4 Å². The number of aliphatic carboxylic acids is 1. The Morgan fingerprint density at radius 1 is 1.18 bits per heavy atom. The molecule has 2 N–H and O–H groups in total. The van der Waals surface area contributed by atoms with E-state index in [0.29, 0.717) is 54.8 Å². The molecule has 210 valence electrons. The minimum Gasteiger partial charge on any atom is -0.494 e. The molecule has 0 bridgehead atoms. The molecule has 1 saturated heterocycles. The molecule has 0 radical (unpaired) electrons. The summed E-state index contributed by atoms with van der Waals surface area (Å²) >= 11 is 0. The Bertz CT molecular complexity index is 1290. The van der Waals surface area contributed by atoms with Gasteiger partial charge in [0.15, 0.2) is 5.78 Å². The van der Waals surface area contributed by atoms with Crippen molar-refractivity contribution in [2.45, 2.75) is 64.0 Å². The number of hydrogen-bond acceptors (Lipinski definition) is 7. The van der Waals surface area contributed by atoms with Gasteiger partial charge in [0.1, 0.15) is 23.9 Å². The lowest BCUT2D eigenvalue weighted by atomic mass is 9.84. The molecule has 1 aliphatic carbocycles. The third-order valence-electron chi connectivity index (χ3n) is 7.56. The molecular weight excluding hydrogens is 520 g/mol. The van der Waals surface area contributed by atoms with E-state index in [0.717, 1.165) is 35.3 Å². The number of fused-ring (bicyclic) bond motifs is 1. The van der Waals surface area contributed by atoms with Crippen LogP contribution >= 0.6 is 12.4 Å². The summed E-state index contributed by atoms with van der Waals surface area (Å²) in [5.41, 5.74) is 4.74. The topological polar surface area (TPSA) is 116 Å². The van der Waals surface area contributed by atoms with Crippen LogP contribution in [0.3, 0.4) is 0 Å². The highest BCUT2D eigenvalue weighted by Crippen LogP contribution is 2.42. The van der Waals surface area contributed by atoms with Crippen LogP contribution in [0, 0.1) is 5.41 Å². The van der Waals surface area contributed by atoms with E-state index in [4.69, 9.17) is 25.0 Å². The third kappa shape index (κ3) is 6.04. The van der Waals surface area contributed by atoms with Gasteiger partial charge >= 0.3 is 5.97 Å². The largest absolute Gasteiger partial charge is 0.494 e. The molecule has 3 aliphatic rings. The van der Waals surface area contributed by atoms with E-state index in [9.17, 15) is 9.59 Å². The Balaban J connectivity index is 0.00000353. The first-order valence-electron chi connectivity index (χ1n) is 13.2. The van der Waals surface area contributed by atoms with Crippen LogP contribution in [0.2, 0.25) is 0 Å². The van der Waals surface area contributed by atoms with Crippen molar-refractivity contribution in [3.8, 4) is 5.75 Å². The smallest absolute Gasteiger partial charge is 0.329 e. The minimum absolute atomic E-state index is 0. The number of anilines is 1. The number of amidine groups is 1. The van der Waals surface area contributed by atoms with Crippen molar-refractivity contribution >= 4 is 35.7 Å². The minimum atomic E-state index is -0.989. The van der Waals surface area contributed by atoms with Gasteiger partial charge in [0.05, 0.1) is 25.4 Å². The normalized spacial score (nSPS) is 18.7. The number of aromatic nitrogens is 1. The van der Waals surface area contributed by atoms with Crippen molar-refractivity contribution < 1.29 is 24.2 Å². The summed E-state index contributed by atoms with van der Waals surface area (Å²) in [4.78, 5) is 33.3. The zero-order chi connectivity index (χ0) is 27.2. The van der Waals surface area contributed by atoms with Crippen molar-refractivity contribution in [3.63, 3.8) is 0 Å². The van der Waals surface area contributed by atoms with Gasteiger partial charge in [-0.25, -0.2) is 9.78 Å². The van der Waals surface area contributed by atoms with Gasteiger partial charge in [0, 0.05) is 47.9 Å². The van der Waals surface area contributed by atoms with E-state index in [-0.39, 0.29) is 42.9 Å². The SMILES string of the molecule is COc1c(N2CCC(OCC(=O)O)C2)cc(C(=O)CN2Cc3ccc(C4CC4)nc3C2=N)cc1C(C)(C)C.Cl. The fourth-order valence-electron chi connectivity index (χ4n) is 5.33. The molecule has 1 atom stereocenters. The Labute approximate surface area is 235 Å². The molecule has 0 amide bonds. The number of pyridine rings is 1. The summed E-state index contributed by atoms with van der Waals surface area (Å²) < 4.78 is 11.4. The number of benzene rings is 1. The van der Waals surface area contributed by atoms with Gasteiger partial charge in [0.25, 0.3) is 0 Å². The van der Waals surface area contributed by atoms with E-state index >= 15 is 0 Å². The fraction of sp³-hybridized carbons (Fsp3) is 0.517. The second-order valence-electron chi connectivity index (χ2n) is 11.5. The average Bonchev–Trinajstić information content (AvgIpc) is 3.54. The number of carbonyl (C=O) groups excluding carboxylic acids is 1. The maximum atomic E-state index is 13.7. The lowest BCUT2D eigenvalue weighted by molar-refractivity contribution is -0.143. The molecule has 2 aliphatic heterocycles. The van der Waals surface area contributed by atoms with Crippen molar-refractivity contribution in [1.82, 2.24) is 9.88 Å². The van der Waals surface area contributed by atoms with E-state index in [2.05, 4.69) is 37.8 Å². The summed E-state index contributed by atoms with van der Waals surface area (Å²) in [6, 6.07) is 7.89. The van der Waals surface area contributed by atoms with Gasteiger partial charge in [-0.2, -0.15) is 0 Å². The quantitative estimate of drug-likeness (QED) is 0.437. The average molecular weight is 557 g/mol. The van der Waals surface area contributed by atoms with Crippen LogP contribution in [0.5, 0.6) is 5.75 Å². The van der Waals surface area contributed by atoms with Crippen molar-refractivity contribution in [2.24, 2.45) is 0 Å². The Morgan fingerprint density at radius 3 is 2.56 bits per heavy atom. The van der Waals surface area contributed by atoms with Gasteiger partial charge in [-0.05, 0) is 42.9 Å². The van der Waals surface area contributed by atoms with Gasteiger partial charge in [-0.1, -0.05) is 26.8 Å². The van der Waals surface area contributed by atoms with E-state index < -0.39 is 5.97 Å². The number of Topliss-reactive ketones (excluding diaryl/α,β-unsaturated/α-hetero) is 1. The molecular formula is C29H37ClN4O5. The fourth-order valence-corrected chi connectivity index (χ4v) is 5.33. The third-order valence-corrected chi connectivity index (χ3v) is 7.56. The number of methoxy groups -OCH3 is 1. The zero-order valence-corrected chi connectivity index (χ0v) is 23.8.